The van der Waals surface area contributed by atoms with E-state index in [-0.39, 0.29) is 22.5 Å². The number of piperidine rings is 1. The largest absolute Gasteiger partial charge is 0.504 e. The predicted molar refractivity (Wildman–Crippen MR) is 91.5 cm³/mol. The number of aromatic hydroxyl groups is 1. The summed E-state index contributed by atoms with van der Waals surface area (Å²) < 4.78 is 7.22. The normalized spacial score (nSPS) is 45.0. The Kier molecular flexibility index (Phi) is 2.35. The fourth-order valence-electron chi connectivity index (χ4n) is 7.15. The van der Waals surface area contributed by atoms with Crippen molar-refractivity contribution in [3.05, 3.63) is 35.9 Å². The van der Waals surface area contributed by atoms with Gasteiger partial charge in [-0.1, -0.05) is 12.6 Å². The number of quaternary nitrogens is 1. The molecular weight excluding hydrogens is 316 g/mol. The summed E-state index contributed by atoms with van der Waals surface area (Å²) in [6, 6.07) is 4.24. The van der Waals surface area contributed by atoms with Gasteiger partial charge in [-0.05, 0) is 24.1 Å². The standard InChI is InChI=1S/C20H22N2O3/c1-2-8-22-9-7-19-16-12-3-4-13(23)17(16)25-18(19)14(24)5-6-20(19,21-11-22)15(22)10-12/h2-4,15,18,21H,1,5-11H2/p+1. The molecule has 5 nitrogen and oxygen atoms in total. The monoisotopic (exact) mass is 339 g/mol. The number of ether oxygens (including phenoxy) is 1. The van der Waals surface area contributed by atoms with Gasteiger partial charge in [0.25, 0.3) is 0 Å². The highest BCUT2D eigenvalue weighted by Gasteiger charge is 2.79. The van der Waals surface area contributed by atoms with E-state index in [1.807, 2.05) is 6.08 Å². The molecule has 3 fully saturated rings. The van der Waals surface area contributed by atoms with E-state index < -0.39 is 6.10 Å². The Morgan fingerprint density at radius 1 is 1.44 bits per heavy atom. The van der Waals surface area contributed by atoms with Crippen molar-refractivity contribution in [2.75, 3.05) is 19.8 Å². The smallest absolute Gasteiger partial charge is 0.174 e. The maximum atomic E-state index is 12.9. The highest BCUT2D eigenvalue weighted by atomic mass is 16.5. The summed E-state index contributed by atoms with van der Waals surface area (Å²) in [6.07, 6.45) is 4.96. The molecule has 25 heavy (non-hydrogen) atoms. The topological polar surface area (TPSA) is 58.6 Å². The Bertz CT molecular complexity index is 852. The number of carbonyl (C=O) groups excluding carboxylic acids is 1. The van der Waals surface area contributed by atoms with Gasteiger partial charge in [0, 0.05) is 24.8 Å². The Hall–Kier alpha value is -1.85. The minimum Gasteiger partial charge on any atom is -0.504 e. The number of hydrogen-bond acceptors (Lipinski definition) is 4. The molecule has 2 spiro atoms. The third-order valence-corrected chi connectivity index (χ3v) is 8.00. The van der Waals surface area contributed by atoms with E-state index in [4.69, 9.17) is 4.74 Å². The van der Waals surface area contributed by atoms with Crippen LogP contribution in [0.25, 0.3) is 0 Å². The first-order chi connectivity index (χ1) is 12.1. The molecule has 5 atom stereocenters. The molecule has 2 saturated heterocycles. The number of phenols is 1. The van der Waals surface area contributed by atoms with Gasteiger partial charge < -0.3 is 14.3 Å². The van der Waals surface area contributed by atoms with Gasteiger partial charge in [0.1, 0.15) is 12.7 Å². The van der Waals surface area contributed by atoms with Gasteiger partial charge >= 0.3 is 0 Å². The summed E-state index contributed by atoms with van der Waals surface area (Å²) in [5.41, 5.74) is 1.99. The molecule has 5 aliphatic rings. The van der Waals surface area contributed by atoms with Gasteiger partial charge in [-0.25, -0.2) is 0 Å². The molecule has 1 aromatic carbocycles. The van der Waals surface area contributed by atoms with Crippen molar-refractivity contribution < 1.29 is 19.1 Å². The zero-order valence-electron chi connectivity index (χ0n) is 14.3. The van der Waals surface area contributed by atoms with Crippen LogP contribution in [0.3, 0.4) is 0 Å². The molecule has 2 aliphatic carbocycles. The van der Waals surface area contributed by atoms with Crippen molar-refractivity contribution in [1.82, 2.24) is 5.32 Å². The maximum Gasteiger partial charge on any atom is 0.174 e. The number of ketones is 1. The quantitative estimate of drug-likeness (QED) is 0.631. The Balaban J connectivity index is 1.68. The average molecular weight is 339 g/mol. The van der Waals surface area contributed by atoms with Crippen molar-refractivity contribution in [2.45, 2.75) is 48.8 Å². The Labute approximate surface area is 146 Å². The van der Waals surface area contributed by atoms with Gasteiger partial charge in [0.05, 0.1) is 24.0 Å². The molecule has 0 amide bonds. The number of rotatable bonds is 2. The first-order valence-corrected chi connectivity index (χ1v) is 9.34. The van der Waals surface area contributed by atoms with E-state index in [0.29, 0.717) is 18.2 Å². The molecule has 0 aromatic heterocycles. The fraction of sp³-hybridized carbons (Fsp3) is 0.550. The van der Waals surface area contributed by atoms with E-state index >= 15 is 0 Å². The Morgan fingerprint density at radius 2 is 2.32 bits per heavy atom. The number of carbonyl (C=O) groups is 1. The van der Waals surface area contributed by atoms with Crippen LogP contribution < -0.4 is 10.1 Å². The summed E-state index contributed by atoms with van der Waals surface area (Å²) in [5, 5.41) is 14.3. The van der Waals surface area contributed by atoms with Gasteiger partial charge in [0.2, 0.25) is 0 Å². The van der Waals surface area contributed by atoms with Gasteiger partial charge in [-0.15, -0.1) is 0 Å². The number of Topliss-reactive ketones (excluding diaryl/α,β-unsaturated/α-hetero) is 1. The van der Waals surface area contributed by atoms with Crippen molar-refractivity contribution in [2.24, 2.45) is 0 Å². The SMILES string of the molecule is C=CC[N+]12CCC34c5c6ccc(O)c5OC3C(=O)CCC4(NC1)C2C6. The van der Waals surface area contributed by atoms with E-state index in [9.17, 15) is 9.90 Å². The molecule has 130 valence electrons. The molecule has 6 rings (SSSR count). The zero-order chi connectivity index (χ0) is 17.0. The number of hydrogen-bond donors (Lipinski definition) is 2. The lowest BCUT2D eigenvalue weighted by Crippen LogP contribution is -2.78. The summed E-state index contributed by atoms with van der Waals surface area (Å²) in [7, 11) is 0. The maximum absolute atomic E-state index is 12.9. The molecule has 2 N–H and O–H groups in total. The third kappa shape index (κ3) is 1.27. The minimum absolute atomic E-state index is 0.0983. The van der Waals surface area contributed by atoms with Crippen LogP contribution in [-0.2, 0) is 16.6 Å². The molecule has 3 heterocycles. The molecule has 5 unspecified atom stereocenters. The van der Waals surface area contributed by atoms with Gasteiger partial charge in [-0.2, -0.15) is 0 Å². The highest BCUT2D eigenvalue weighted by molar-refractivity contribution is 5.90. The van der Waals surface area contributed by atoms with E-state index in [1.54, 1.807) is 6.07 Å². The van der Waals surface area contributed by atoms with Gasteiger partial charge in [0.15, 0.2) is 23.4 Å². The van der Waals surface area contributed by atoms with Crippen LogP contribution in [0, 0.1) is 0 Å². The first-order valence-electron chi connectivity index (χ1n) is 9.34. The molecule has 1 saturated carbocycles. The van der Waals surface area contributed by atoms with Crippen LogP contribution in [0.1, 0.15) is 30.4 Å². The van der Waals surface area contributed by atoms with Crippen molar-refractivity contribution in [3.8, 4) is 11.5 Å². The summed E-state index contributed by atoms with van der Waals surface area (Å²) >= 11 is 0. The van der Waals surface area contributed by atoms with Crippen molar-refractivity contribution >= 4 is 5.78 Å². The molecule has 3 aliphatic heterocycles. The van der Waals surface area contributed by atoms with Gasteiger partial charge in [-0.3, -0.25) is 10.1 Å². The average Bonchev–Trinajstić information content (AvgIpc) is 3.06. The molecule has 4 bridgehead atoms. The molecule has 0 radical (unpaired) electrons. The number of nitrogens with one attached hydrogen (secondary N) is 1. The van der Waals surface area contributed by atoms with Crippen LogP contribution in [0.2, 0.25) is 0 Å². The van der Waals surface area contributed by atoms with E-state index in [1.165, 1.54) is 5.56 Å². The van der Waals surface area contributed by atoms with Crippen LogP contribution in [-0.4, -0.2) is 52.8 Å². The lowest BCUT2D eigenvalue weighted by Gasteiger charge is -2.61. The summed E-state index contributed by atoms with van der Waals surface area (Å²) in [5.74, 6) is 0.956. The Morgan fingerprint density at radius 3 is 3.16 bits per heavy atom. The fourth-order valence-corrected chi connectivity index (χ4v) is 7.15. The van der Waals surface area contributed by atoms with Crippen LogP contribution in [0.5, 0.6) is 11.5 Å². The predicted octanol–water partition coefficient (Wildman–Crippen LogP) is 1.38. The van der Waals surface area contributed by atoms with Crippen molar-refractivity contribution in [3.63, 3.8) is 0 Å². The van der Waals surface area contributed by atoms with E-state index in [0.717, 1.165) is 49.1 Å². The number of nitrogens with zero attached hydrogens (tertiary/aromatic N) is 1. The molecule has 1 aromatic rings. The zero-order valence-corrected chi connectivity index (χ0v) is 14.3. The number of phenolic OH excluding ortho intramolecular Hbond substituents is 1. The second-order valence-electron chi connectivity index (χ2n) is 8.57. The highest BCUT2D eigenvalue weighted by Crippen LogP contribution is 2.67. The van der Waals surface area contributed by atoms with Crippen LogP contribution in [0.4, 0.5) is 0 Å². The minimum atomic E-state index is -0.442. The molecule has 5 heteroatoms. The van der Waals surface area contributed by atoms with E-state index in [2.05, 4.69) is 18.0 Å². The second-order valence-corrected chi connectivity index (χ2v) is 8.57. The molecular formula is C20H23N2O3+. The van der Waals surface area contributed by atoms with Crippen molar-refractivity contribution in [1.29, 1.82) is 0 Å². The number of benzene rings is 1. The third-order valence-electron chi connectivity index (χ3n) is 8.00. The lowest BCUT2D eigenvalue weighted by molar-refractivity contribution is -0.942. The van der Waals surface area contributed by atoms with Crippen LogP contribution >= 0.6 is 0 Å². The first kappa shape index (κ1) is 14.3. The lowest BCUT2D eigenvalue weighted by atomic mass is 9.47. The summed E-state index contributed by atoms with van der Waals surface area (Å²) in [4.78, 5) is 12.9. The van der Waals surface area contributed by atoms with Crippen LogP contribution in [0.15, 0.2) is 24.8 Å². The second kappa shape index (κ2) is 4.10. The summed E-state index contributed by atoms with van der Waals surface area (Å²) in [6.45, 7) is 6.95.